The molecule has 0 amide bonds. The van der Waals surface area contributed by atoms with Crippen LogP contribution in [0.1, 0.15) is 18.3 Å². The average molecular weight is 261 g/mol. The lowest BCUT2D eigenvalue weighted by atomic mass is 10.1. The SMILES string of the molecule is CCc1nsc(N(C)c2ccccc2C(=N)N)n1. The molecule has 5 nitrogen and oxygen atoms in total. The number of aryl methyl sites for hydroxylation is 1. The first-order chi connectivity index (χ1) is 8.63. The Balaban J connectivity index is 2.39. The predicted molar refractivity (Wildman–Crippen MR) is 74.8 cm³/mol. The fourth-order valence-corrected chi connectivity index (χ4v) is 2.35. The molecule has 1 heterocycles. The van der Waals surface area contributed by atoms with E-state index in [1.54, 1.807) is 0 Å². The Morgan fingerprint density at radius 1 is 1.44 bits per heavy atom. The van der Waals surface area contributed by atoms with Crippen molar-refractivity contribution in [2.24, 2.45) is 5.73 Å². The van der Waals surface area contributed by atoms with Crippen LogP contribution in [0, 0.1) is 5.41 Å². The van der Waals surface area contributed by atoms with Gasteiger partial charge in [-0.05, 0) is 12.1 Å². The molecular weight excluding hydrogens is 246 g/mol. The predicted octanol–water partition coefficient (Wildman–Crippen LogP) is 2.15. The summed E-state index contributed by atoms with van der Waals surface area (Å²) in [4.78, 5) is 6.34. The molecular formula is C12H15N5S. The van der Waals surface area contributed by atoms with Crippen molar-refractivity contribution in [1.82, 2.24) is 9.36 Å². The number of nitrogen functional groups attached to an aromatic ring is 1. The van der Waals surface area contributed by atoms with Gasteiger partial charge in [-0.3, -0.25) is 5.41 Å². The van der Waals surface area contributed by atoms with Gasteiger partial charge < -0.3 is 10.6 Å². The summed E-state index contributed by atoms with van der Waals surface area (Å²) in [5.41, 5.74) is 7.15. The lowest BCUT2D eigenvalue weighted by Gasteiger charge is -2.18. The van der Waals surface area contributed by atoms with E-state index in [4.69, 9.17) is 11.1 Å². The third-order valence-corrected chi connectivity index (χ3v) is 3.45. The first-order valence-corrected chi connectivity index (χ1v) is 6.40. The number of aromatic nitrogens is 2. The maximum absolute atomic E-state index is 7.59. The van der Waals surface area contributed by atoms with Crippen LogP contribution in [0.3, 0.4) is 0 Å². The molecule has 1 aromatic heterocycles. The van der Waals surface area contributed by atoms with Crippen LogP contribution in [0.2, 0.25) is 0 Å². The standard InChI is InChI=1S/C12H15N5S/c1-3-10-15-12(18-16-10)17(2)9-7-5-4-6-8(9)11(13)14/h4-7H,3H2,1-2H3,(H3,13,14). The molecule has 0 unspecified atom stereocenters. The second-order valence-electron chi connectivity index (χ2n) is 3.84. The van der Waals surface area contributed by atoms with Crippen LogP contribution in [0.15, 0.2) is 24.3 Å². The summed E-state index contributed by atoms with van der Waals surface area (Å²) < 4.78 is 4.26. The largest absolute Gasteiger partial charge is 0.384 e. The Hall–Kier alpha value is -1.95. The normalized spacial score (nSPS) is 10.3. The molecule has 0 aliphatic carbocycles. The number of anilines is 2. The van der Waals surface area contributed by atoms with Gasteiger partial charge in [0.25, 0.3) is 0 Å². The molecule has 0 bridgehead atoms. The van der Waals surface area contributed by atoms with Gasteiger partial charge in [0.15, 0.2) is 0 Å². The maximum Gasteiger partial charge on any atom is 0.209 e. The van der Waals surface area contributed by atoms with Crippen LogP contribution in [-0.4, -0.2) is 22.2 Å². The highest BCUT2D eigenvalue weighted by Gasteiger charge is 2.14. The molecule has 3 N–H and O–H groups in total. The van der Waals surface area contributed by atoms with Crippen molar-refractivity contribution in [1.29, 1.82) is 5.41 Å². The van der Waals surface area contributed by atoms with E-state index < -0.39 is 0 Å². The lowest BCUT2D eigenvalue weighted by Crippen LogP contribution is -2.18. The average Bonchev–Trinajstić information content (AvgIpc) is 2.86. The fourth-order valence-electron chi connectivity index (χ4n) is 1.62. The number of nitrogens with zero attached hydrogens (tertiary/aromatic N) is 3. The van der Waals surface area contributed by atoms with Gasteiger partial charge >= 0.3 is 0 Å². The summed E-state index contributed by atoms with van der Waals surface area (Å²) in [6.45, 7) is 2.02. The molecule has 18 heavy (non-hydrogen) atoms. The summed E-state index contributed by atoms with van der Waals surface area (Å²) >= 11 is 1.35. The van der Waals surface area contributed by atoms with Gasteiger partial charge in [0, 0.05) is 30.6 Å². The van der Waals surface area contributed by atoms with E-state index in [0.717, 1.165) is 23.1 Å². The first-order valence-electron chi connectivity index (χ1n) is 5.63. The van der Waals surface area contributed by atoms with Gasteiger partial charge in [-0.25, -0.2) is 4.98 Å². The highest BCUT2D eigenvalue weighted by molar-refractivity contribution is 7.09. The highest BCUT2D eigenvalue weighted by Crippen LogP contribution is 2.27. The third kappa shape index (κ3) is 2.33. The van der Waals surface area contributed by atoms with Gasteiger partial charge in [-0.2, -0.15) is 4.37 Å². The smallest absolute Gasteiger partial charge is 0.209 e. The summed E-state index contributed by atoms with van der Waals surface area (Å²) in [7, 11) is 1.90. The Morgan fingerprint density at radius 2 is 2.17 bits per heavy atom. The fraction of sp³-hybridized carbons (Fsp3) is 0.250. The minimum Gasteiger partial charge on any atom is -0.384 e. The highest BCUT2D eigenvalue weighted by atomic mass is 32.1. The van der Waals surface area contributed by atoms with Gasteiger partial charge in [0.1, 0.15) is 11.7 Å². The third-order valence-electron chi connectivity index (χ3n) is 2.62. The van der Waals surface area contributed by atoms with Crippen LogP contribution in [-0.2, 0) is 6.42 Å². The van der Waals surface area contributed by atoms with Crippen LogP contribution in [0.5, 0.6) is 0 Å². The van der Waals surface area contributed by atoms with Gasteiger partial charge in [0.05, 0.1) is 5.69 Å². The van der Waals surface area contributed by atoms with Gasteiger partial charge in [0.2, 0.25) is 5.13 Å². The molecule has 6 heteroatoms. The summed E-state index contributed by atoms with van der Waals surface area (Å²) in [5, 5.41) is 8.40. The van der Waals surface area contributed by atoms with E-state index in [1.807, 2.05) is 43.1 Å². The van der Waals surface area contributed by atoms with E-state index in [1.165, 1.54) is 11.5 Å². The minimum absolute atomic E-state index is 0.0534. The molecule has 2 aromatic rings. The van der Waals surface area contributed by atoms with Crippen molar-refractivity contribution in [3.63, 3.8) is 0 Å². The molecule has 0 aliphatic heterocycles. The zero-order valence-corrected chi connectivity index (χ0v) is 11.2. The van der Waals surface area contributed by atoms with Crippen LogP contribution in [0.25, 0.3) is 0 Å². The molecule has 94 valence electrons. The summed E-state index contributed by atoms with van der Waals surface area (Å²) in [6, 6.07) is 7.53. The van der Waals surface area contributed by atoms with Crippen LogP contribution >= 0.6 is 11.5 Å². The maximum atomic E-state index is 7.59. The van der Waals surface area contributed by atoms with E-state index in [2.05, 4.69) is 9.36 Å². The molecule has 0 aliphatic rings. The van der Waals surface area contributed by atoms with Crippen molar-refractivity contribution in [3.8, 4) is 0 Å². The second kappa shape index (κ2) is 5.14. The van der Waals surface area contributed by atoms with E-state index in [-0.39, 0.29) is 5.84 Å². The van der Waals surface area contributed by atoms with E-state index in [0.29, 0.717) is 5.56 Å². The number of hydrogen-bond acceptors (Lipinski definition) is 5. The number of rotatable bonds is 4. The van der Waals surface area contributed by atoms with E-state index >= 15 is 0 Å². The second-order valence-corrected chi connectivity index (χ2v) is 4.57. The number of para-hydroxylation sites is 1. The Bertz CT molecular complexity index is 563. The van der Waals surface area contributed by atoms with Crippen LogP contribution in [0.4, 0.5) is 10.8 Å². The van der Waals surface area contributed by atoms with Crippen molar-refractivity contribution < 1.29 is 0 Å². The minimum atomic E-state index is 0.0534. The van der Waals surface area contributed by atoms with Gasteiger partial charge in [-0.15, -0.1) is 0 Å². The zero-order valence-electron chi connectivity index (χ0n) is 10.3. The summed E-state index contributed by atoms with van der Waals surface area (Å²) in [5.74, 6) is 0.889. The van der Waals surface area contributed by atoms with Crippen molar-refractivity contribution in [2.45, 2.75) is 13.3 Å². The Kier molecular flexibility index (Phi) is 3.57. The monoisotopic (exact) mass is 261 g/mol. The topological polar surface area (TPSA) is 78.9 Å². The number of benzene rings is 1. The Labute approximate surface area is 110 Å². The quantitative estimate of drug-likeness (QED) is 0.653. The first kappa shape index (κ1) is 12.5. The molecule has 0 saturated heterocycles. The number of amidine groups is 1. The van der Waals surface area contributed by atoms with E-state index in [9.17, 15) is 0 Å². The zero-order chi connectivity index (χ0) is 13.1. The molecule has 0 fully saturated rings. The molecule has 0 atom stereocenters. The number of nitrogens with one attached hydrogen (secondary N) is 1. The van der Waals surface area contributed by atoms with Crippen LogP contribution < -0.4 is 10.6 Å². The van der Waals surface area contributed by atoms with Crippen molar-refractivity contribution >= 4 is 28.2 Å². The molecule has 2 rings (SSSR count). The molecule has 1 aromatic carbocycles. The Morgan fingerprint density at radius 3 is 2.78 bits per heavy atom. The van der Waals surface area contributed by atoms with Gasteiger partial charge in [-0.1, -0.05) is 19.1 Å². The van der Waals surface area contributed by atoms with Crippen molar-refractivity contribution in [3.05, 3.63) is 35.7 Å². The molecule has 0 spiro atoms. The number of hydrogen-bond donors (Lipinski definition) is 2. The molecule has 0 radical (unpaired) electrons. The van der Waals surface area contributed by atoms with Crippen molar-refractivity contribution in [2.75, 3.05) is 11.9 Å². The number of nitrogens with two attached hydrogens (primary N) is 1. The summed E-state index contributed by atoms with van der Waals surface area (Å²) in [6.07, 6.45) is 0.818. The molecule has 0 saturated carbocycles. The lowest BCUT2D eigenvalue weighted by molar-refractivity contribution is 0.988.